The van der Waals surface area contributed by atoms with E-state index < -0.39 is 41.4 Å². The van der Waals surface area contributed by atoms with Gasteiger partial charge >= 0.3 is 0 Å². The molecule has 1 saturated heterocycles. The maximum atomic E-state index is 13.8. The SMILES string of the molecule is COc1ccc(C[C@H](NC(=O)[C@@H](C)NC(=O)c2nc3ccccc3n2C)C(=O)N[C@@H](CC2CCCC2)C(=O)[C@@]2(C)CO2)cc1. The summed E-state index contributed by atoms with van der Waals surface area (Å²) >= 11 is 0. The summed E-state index contributed by atoms with van der Waals surface area (Å²) in [5.41, 5.74) is 1.36. The van der Waals surface area contributed by atoms with Crippen LogP contribution in [-0.4, -0.2) is 70.5 Å². The van der Waals surface area contributed by atoms with E-state index in [9.17, 15) is 19.2 Å². The summed E-state index contributed by atoms with van der Waals surface area (Å²) < 4.78 is 12.4. The number of hydrogen-bond acceptors (Lipinski definition) is 7. The van der Waals surface area contributed by atoms with Crippen LogP contribution in [0.4, 0.5) is 0 Å². The van der Waals surface area contributed by atoms with Crippen molar-refractivity contribution in [3.05, 3.63) is 59.9 Å². The molecule has 5 rings (SSSR count). The highest BCUT2D eigenvalue weighted by Crippen LogP contribution is 2.33. The smallest absolute Gasteiger partial charge is 0.287 e. The van der Waals surface area contributed by atoms with Crippen molar-refractivity contribution >= 4 is 34.5 Å². The number of ether oxygens (including phenoxy) is 2. The lowest BCUT2D eigenvalue weighted by molar-refractivity contribution is -0.133. The van der Waals surface area contributed by atoms with E-state index >= 15 is 0 Å². The van der Waals surface area contributed by atoms with Crippen LogP contribution in [0.15, 0.2) is 48.5 Å². The summed E-state index contributed by atoms with van der Waals surface area (Å²) in [4.78, 5) is 58.1. The van der Waals surface area contributed by atoms with E-state index in [1.807, 2.05) is 36.4 Å². The first kappa shape index (κ1) is 31.2. The third-order valence-corrected chi connectivity index (χ3v) is 8.74. The Morgan fingerprint density at radius 2 is 1.66 bits per heavy atom. The van der Waals surface area contributed by atoms with Gasteiger partial charge in [0.05, 0.1) is 30.8 Å². The van der Waals surface area contributed by atoms with E-state index in [-0.39, 0.29) is 18.0 Å². The number of ketones is 1. The van der Waals surface area contributed by atoms with Gasteiger partial charge in [0.15, 0.2) is 11.6 Å². The van der Waals surface area contributed by atoms with Crippen LogP contribution in [0.1, 0.15) is 62.1 Å². The molecule has 2 heterocycles. The molecule has 0 bridgehead atoms. The minimum atomic E-state index is -1.00. The number of amides is 3. The van der Waals surface area contributed by atoms with Crippen molar-refractivity contribution < 1.29 is 28.7 Å². The number of epoxide rings is 1. The molecular formula is C33H41N5O6. The van der Waals surface area contributed by atoms with Crippen molar-refractivity contribution in [2.24, 2.45) is 13.0 Å². The number of carbonyl (C=O) groups is 4. The lowest BCUT2D eigenvalue weighted by atomic mass is 9.90. The summed E-state index contributed by atoms with van der Waals surface area (Å²) in [5, 5.41) is 8.48. The van der Waals surface area contributed by atoms with Crippen LogP contribution in [0, 0.1) is 5.92 Å². The standard InChI is InChI=1S/C33H41N5O6/c1-20(34-32(42)29-35-24-11-7-8-12-27(24)38(29)3)30(40)37-26(18-22-13-15-23(43-4)16-14-22)31(41)36-25(17-21-9-5-6-10-21)28(39)33(2)19-44-33/h7-8,11-16,20-21,25-26H,5-6,9-10,17-19H2,1-4H3,(H,34,42)(H,36,41)(H,37,40)/t20-,25+,26+,33-/m1/s1. The highest BCUT2D eigenvalue weighted by atomic mass is 16.6. The number of carbonyl (C=O) groups excluding carboxylic acids is 4. The summed E-state index contributed by atoms with van der Waals surface area (Å²) in [7, 11) is 3.31. The summed E-state index contributed by atoms with van der Waals surface area (Å²) in [6, 6.07) is 11.9. The molecule has 2 aliphatic rings. The summed E-state index contributed by atoms with van der Waals surface area (Å²) in [5.74, 6) is -0.484. The molecule has 1 aliphatic carbocycles. The molecular weight excluding hydrogens is 562 g/mol. The monoisotopic (exact) mass is 603 g/mol. The van der Waals surface area contributed by atoms with Gasteiger partial charge in [-0.2, -0.15) is 0 Å². The van der Waals surface area contributed by atoms with Gasteiger partial charge in [-0.25, -0.2) is 4.98 Å². The zero-order chi connectivity index (χ0) is 31.4. The molecule has 3 N–H and O–H groups in total. The molecule has 2 fully saturated rings. The Kier molecular flexibility index (Phi) is 9.33. The lowest BCUT2D eigenvalue weighted by Crippen LogP contribution is -2.57. The molecule has 2 aromatic carbocycles. The fraction of sp³-hybridized carbons (Fsp3) is 0.485. The third-order valence-electron chi connectivity index (χ3n) is 8.74. The molecule has 234 valence electrons. The zero-order valence-electron chi connectivity index (χ0n) is 25.7. The van der Waals surface area contributed by atoms with Crippen molar-refractivity contribution in [3.8, 4) is 5.75 Å². The van der Waals surface area contributed by atoms with Crippen molar-refractivity contribution in [3.63, 3.8) is 0 Å². The van der Waals surface area contributed by atoms with Crippen LogP contribution in [0.5, 0.6) is 5.75 Å². The predicted octanol–water partition coefficient (Wildman–Crippen LogP) is 2.85. The van der Waals surface area contributed by atoms with E-state index in [0.29, 0.717) is 30.2 Å². The van der Waals surface area contributed by atoms with Gasteiger partial charge in [0.25, 0.3) is 5.91 Å². The normalized spacial score (nSPS) is 20.0. The number of hydrogen-bond donors (Lipinski definition) is 3. The highest BCUT2D eigenvalue weighted by molar-refractivity contribution is 6.00. The Balaban J connectivity index is 1.31. The fourth-order valence-corrected chi connectivity index (χ4v) is 5.88. The molecule has 1 saturated carbocycles. The molecule has 1 aliphatic heterocycles. The van der Waals surface area contributed by atoms with Crippen LogP contribution in [0.3, 0.4) is 0 Å². The molecule has 11 heteroatoms. The molecule has 11 nitrogen and oxygen atoms in total. The van der Waals surface area contributed by atoms with Crippen LogP contribution in [0.2, 0.25) is 0 Å². The van der Waals surface area contributed by atoms with Crippen LogP contribution in [-0.2, 0) is 32.6 Å². The predicted molar refractivity (Wildman–Crippen MR) is 164 cm³/mol. The van der Waals surface area contributed by atoms with Gasteiger partial charge < -0.3 is 30.0 Å². The van der Waals surface area contributed by atoms with E-state index in [2.05, 4.69) is 20.9 Å². The van der Waals surface area contributed by atoms with Gasteiger partial charge in [-0.05, 0) is 56.0 Å². The summed E-state index contributed by atoms with van der Waals surface area (Å²) in [6.45, 7) is 3.63. The molecule has 44 heavy (non-hydrogen) atoms. The van der Waals surface area contributed by atoms with E-state index in [1.165, 1.54) is 0 Å². The maximum Gasteiger partial charge on any atom is 0.287 e. The Labute approximate surface area is 257 Å². The Morgan fingerprint density at radius 1 is 1.00 bits per heavy atom. The number of nitrogens with one attached hydrogen (secondary N) is 3. The van der Waals surface area contributed by atoms with Crippen molar-refractivity contribution in [2.45, 2.75) is 76.1 Å². The minimum Gasteiger partial charge on any atom is -0.497 e. The van der Waals surface area contributed by atoms with Crippen LogP contribution in [0.25, 0.3) is 11.0 Å². The molecule has 0 radical (unpaired) electrons. The second-order valence-electron chi connectivity index (χ2n) is 12.1. The van der Waals surface area contributed by atoms with Crippen molar-refractivity contribution in [1.29, 1.82) is 0 Å². The van der Waals surface area contributed by atoms with Crippen molar-refractivity contribution in [1.82, 2.24) is 25.5 Å². The van der Waals surface area contributed by atoms with E-state index in [1.54, 1.807) is 44.7 Å². The third kappa shape index (κ3) is 7.10. The average Bonchev–Trinajstić information content (AvgIpc) is 3.40. The molecule has 3 amide bonds. The number of nitrogens with zero attached hydrogens (tertiary/aromatic N) is 2. The number of benzene rings is 2. The molecule has 3 aromatic rings. The van der Waals surface area contributed by atoms with Gasteiger partial charge in [0.2, 0.25) is 11.8 Å². The highest BCUT2D eigenvalue weighted by Gasteiger charge is 2.50. The van der Waals surface area contributed by atoms with Gasteiger partial charge in [0.1, 0.15) is 23.4 Å². The number of rotatable bonds is 13. The number of aromatic nitrogens is 2. The summed E-state index contributed by atoms with van der Waals surface area (Å²) in [6.07, 6.45) is 4.98. The van der Waals surface area contributed by atoms with Gasteiger partial charge in [-0.1, -0.05) is 49.9 Å². The largest absolute Gasteiger partial charge is 0.497 e. The number of imidazole rings is 1. The second kappa shape index (κ2) is 13.2. The first-order valence-corrected chi connectivity index (χ1v) is 15.2. The average molecular weight is 604 g/mol. The van der Waals surface area contributed by atoms with Gasteiger partial charge in [-0.15, -0.1) is 0 Å². The molecule has 4 atom stereocenters. The second-order valence-corrected chi connectivity index (χ2v) is 12.1. The lowest BCUT2D eigenvalue weighted by Gasteiger charge is -2.26. The number of Topliss-reactive ketones (excluding diaryl/α,β-unsaturated/α-hetero) is 1. The fourth-order valence-electron chi connectivity index (χ4n) is 5.88. The Morgan fingerprint density at radius 3 is 2.30 bits per heavy atom. The quantitative estimate of drug-likeness (QED) is 0.255. The Bertz CT molecular complexity index is 1520. The number of para-hydroxylation sites is 2. The minimum absolute atomic E-state index is 0.143. The topological polar surface area (TPSA) is 144 Å². The first-order valence-electron chi connectivity index (χ1n) is 15.2. The van der Waals surface area contributed by atoms with E-state index in [0.717, 1.165) is 36.8 Å². The number of fused-ring (bicyclic) bond motifs is 1. The van der Waals surface area contributed by atoms with Gasteiger partial charge in [-0.3, -0.25) is 19.2 Å². The Hall–Kier alpha value is -4.25. The van der Waals surface area contributed by atoms with Gasteiger partial charge in [0, 0.05) is 13.5 Å². The molecule has 0 spiro atoms. The number of aryl methyl sites for hydroxylation is 1. The number of methoxy groups -OCH3 is 1. The van der Waals surface area contributed by atoms with Crippen LogP contribution < -0.4 is 20.7 Å². The molecule has 1 aromatic heterocycles. The molecule has 0 unspecified atom stereocenters. The van der Waals surface area contributed by atoms with Crippen molar-refractivity contribution in [2.75, 3.05) is 13.7 Å². The first-order chi connectivity index (χ1) is 21.1. The zero-order valence-corrected chi connectivity index (χ0v) is 25.7. The van der Waals surface area contributed by atoms with Crippen LogP contribution >= 0.6 is 0 Å². The van der Waals surface area contributed by atoms with E-state index in [4.69, 9.17) is 9.47 Å². The maximum absolute atomic E-state index is 13.8.